The first kappa shape index (κ1) is 19.6. The normalized spacial score (nSPS) is 11.4. The number of hydrogen-bond donors (Lipinski definition) is 1. The Bertz CT molecular complexity index is 1000. The second-order valence-electron chi connectivity index (χ2n) is 7.62. The van der Waals surface area contributed by atoms with Gasteiger partial charge in [0.2, 0.25) is 0 Å². The molecular formula is C22H24FN3O2. The minimum Gasteiger partial charge on any atom is -0.494 e. The molecule has 5 nitrogen and oxygen atoms in total. The molecule has 6 heteroatoms. The van der Waals surface area contributed by atoms with Gasteiger partial charge in [-0.3, -0.25) is 4.79 Å². The van der Waals surface area contributed by atoms with E-state index < -0.39 is 11.7 Å². The number of hydrogen-bond acceptors (Lipinski definition) is 3. The molecule has 0 spiro atoms. The van der Waals surface area contributed by atoms with E-state index in [4.69, 9.17) is 9.84 Å². The van der Waals surface area contributed by atoms with Gasteiger partial charge in [-0.1, -0.05) is 39.0 Å². The Balaban J connectivity index is 2.04. The summed E-state index contributed by atoms with van der Waals surface area (Å²) in [6.45, 7) is 8.14. The van der Waals surface area contributed by atoms with Gasteiger partial charge in [0.1, 0.15) is 5.82 Å². The van der Waals surface area contributed by atoms with Crippen molar-refractivity contribution in [2.45, 2.75) is 33.1 Å². The summed E-state index contributed by atoms with van der Waals surface area (Å²) in [5, 5.41) is 7.66. The number of nitrogens with zero attached hydrogens (tertiary/aromatic N) is 2. The maximum Gasteiger partial charge on any atom is 0.256 e. The van der Waals surface area contributed by atoms with Crippen molar-refractivity contribution in [1.82, 2.24) is 9.78 Å². The van der Waals surface area contributed by atoms with Crippen LogP contribution in [0.1, 0.15) is 42.4 Å². The standard InChI is InChI=1S/C22H24FN3O2/c1-14-19(22(2,3)4)25-26(16-9-7-6-8-10-16)20(14)24-21(27)15-11-12-18(28-5)17(23)13-15/h6-13H,1-5H3,(H,24,27). The van der Waals surface area contributed by atoms with E-state index in [1.54, 1.807) is 4.68 Å². The van der Waals surface area contributed by atoms with Crippen LogP contribution in [0.3, 0.4) is 0 Å². The van der Waals surface area contributed by atoms with Crippen molar-refractivity contribution in [2.24, 2.45) is 0 Å². The number of carbonyl (C=O) groups excluding carboxylic acids is 1. The third-order valence-electron chi connectivity index (χ3n) is 4.48. The summed E-state index contributed by atoms with van der Waals surface area (Å²) >= 11 is 0. The molecule has 0 unspecified atom stereocenters. The van der Waals surface area contributed by atoms with Crippen molar-refractivity contribution in [1.29, 1.82) is 0 Å². The lowest BCUT2D eigenvalue weighted by atomic mass is 9.90. The highest BCUT2D eigenvalue weighted by Crippen LogP contribution is 2.31. The van der Waals surface area contributed by atoms with E-state index in [1.807, 2.05) is 37.3 Å². The Morgan fingerprint density at radius 2 is 1.82 bits per heavy atom. The summed E-state index contributed by atoms with van der Waals surface area (Å²) < 4.78 is 20.6. The quantitative estimate of drug-likeness (QED) is 0.701. The molecule has 0 bridgehead atoms. The van der Waals surface area contributed by atoms with Crippen LogP contribution in [0.4, 0.5) is 10.2 Å². The molecule has 0 aliphatic rings. The number of ether oxygens (including phenoxy) is 1. The maximum absolute atomic E-state index is 14.0. The zero-order chi connectivity index (χ0) is 20.5. The Morgan fingerprint density at radius 1 is 1.14 bits per heavy atom. The lowest BCUT2D eigenvalue weighted by Crippen LogP contribution is -2.16. The zero-order valence-corrected chi connectivity index (χ0v) is 16.7. The predicted molar refractivity (Wildman–Crippen MR) is 108 cm³/mol. The minimum atomic E-state index is -0.584. The molecule has 3 aromatic rings. The van der Waals surface area contributed by atoms with Crippen molar-refractivity contribution in [2.75, 3.05) is 12.4 Å². The van der Waals surface area contributed by atoms with E-state index in [1.165, 1.54) is 19.2 Å². The molecule has 0 fully saturated rings. The van der Waals surface area contributed by atoms with Gasteiger partial charge in [0.05, 0.1) is 18.5 Å². The van der Waals surface area contributed by atoms with E-state index >= 15 is 0 Å². The predicted octanol–water partition coefficient (Wildman–Crippen LogP) is 4.88. The summed E-state index contributed by atoms with van der Waals surface area (Å²) in [4.78, 5) is 12.8. The number of aromatic nitrogens is 2. The number of methoxy groups -OCH3 is 1. The third-order valence-corrected chi connectivity index (χ3v) is 4.48. The fourth-order valence-corrected chi connectivity index (χ4v) is 3.10. The second kappa shape index (κ2) is 7.46. The first-order valence-electron chi connectivity index (χ1n) is 9.03. The summed E-state index contributed by atoms with van der Waals surface area (Å²) in [5.74, 6) is -0.338. The van der Waals surface area contributed by atoms with Crippen LogP contribution in [0.5, 0.6) is 5.75 Å². The molecule has 0 saturated carbocycles. The van der Waals surface area contributed by atoms with Gasteiger partial charge >= 0.3 is 0 Å². The van der Waals surface area contributed by atoms with E-state index in [-0.39, 0.29) is 16.7 Å². The molecule has 0 saturated heterocycles. The Morgan fingerprint density at radius 3 is 2.39 bits per heavy atom. The molecule has 0 aliphatic heterocycles. The third kappa shape index (κ3) is 3.76. The van der Waals surface area contributed by atoms with Crippen molar-refractivity contribution >= 4 is 11.7 Å². The van der Waals surface area contributed by atoms with Crippen molar-refractivity contribution in [3.63, 3.8) is 0 Å². The molecular weight excluding hydrogens is 357 g/mol. The van der Waals surface area contributed by atoms with E-state index in [0.29, 0.717) is 5.82 Å². The van der Waals surface area contributed by atoms with Crippen molar-refractivity contribution < 1.29 is 13.9 Å². The highest BCUT2D eigenvalue weighted by molar-refractivity contribution is 6.04. The molecule has 0 radical (unpaired) electrons. The lowest BCUT2D eigenvalue weighted by molar-refractivity contribution is 0.102. The molecule has 0 aliphatic carbocycles. The average Bonchev–Trinajstić information content (AvgIpc) is 2.99. The zero-order valence-electron chi connectivity index (χ0n) is 16.7. The Kier molecular flexibility index (Phi) is 5.23. The van der Waals surface area contributed by atoms with Gasteiger partial charge < -0.3 is 10.1 Å². The molecule has 28 heavy (non-hydrogen) atoms. The van der Waals surface area contributed by atoms with Gasteiger partial charge in [-0.05, 0) is 37.3 Å². The van der Waals surface area contributed by atoms with Crippen LogP contribution in [0, 0.1) is 12.7 Å². The number of amides is 1. The van der Waals surface area contributed by atoms with E-state index in [0.717, 1.165) is 23.0 Å². The summed E-state index contributed by atoms with van der Waals surface area (Å²) in [6, 6.07) is 13.7. The first-order valence-corrected chi connectivity index (χ1v) is 9.03. The SMILES string of the molecule is COc1ccc(C(=O)Nc2c(C)c(C(C)(C)C)nn2-c2ccccc2)cc1F. The molecule has 1 N–H and O–H groups in total. The first-order chi connectivity index (χ1) is 13.2. The number of benzene rings is 2. The summed E-state index contributed by atoms with van der Waals surface area (Å²) in [7, 11) is 1.38. The van der Waals surface area contributed by atoms with Crippen molar-refractivity contribution in [3.05, 3.63) is 71.2 Å². The van der Waals surface area contributed by atoms with Crippen molar-refractivity contribution in [3.8, 4) is 11.4 Å². The molecule has 1 amide bonds. The number of carbonyl (C=O) groups is 1. The van der Waals surface area contributed by atoms with Crippen LogP contribution in [0.25, 0.3) is 5.69 Å². The fraction of sp³-hybridized carbons (Fsp3) is 0.273. The Hall–Kier alpha value is -3.15. The Labute approximate surface area is 164 Å². The molecule has 2 aromatic carbocycles. The minimum absolute atomic E-state index is 0.0945. The van der Waals surface area contributed by atoms with Gasteiger partial charge in [-0.15, -0.1) is 0 Å². The number of halogens is 1. The lowest BCUT2D eigenvalue weighted by Gasteiger charge is -2.16. The monoisotopic (exact) mass is 381 g/mol. The highest BCUT2D eigenvalue weighted by atomic mass is 19.1. The van der Waals surface area contributed by atoms with Gasteiger partial charge in [0.15, 0.2) is 11.6 Å². The topological polar surface area (TPSA) is 56.1 Å². The van der Waals surface area contributed by atoms with Gasteiger partial charge in [-0.25, -0.2) is 9.07 Å². The molecule has 0 atom stereocenters. The fourth-order valence-electron chi connectivity index (χ4n) is 3.10. The number of nitrogens with one attached hydrogen (secondary N) is 1. The highest BCUT2D eigenvalue weighted by Gasteiger charge is 2.26. The van der Waals surface area contributed by atoms with Crippen LogP contribution in [-0.2, 0) is 5.41 Å². The number of rotatable bonds is 4. The molecule has 3 rings (SSSR count). The summed E-state index contributed by atoms with van der Waals surface area (Å²) in [5.41, 5.74) is 2.59. The molecule has 1 heterocycles. The number of anilines is 1. The van der Waals surface area contributed by atoms with Crippen LogP contribution < -0.4 is 10.1 Å². The average molecular weight is 381 g/mol. The second-order valence-corrected chi connectivity index (χ2v) is 7.62. The van der Waals surface area contributed by atoms with Gasteiger partial charge in [0, 0.05) is 16.5 Å². The summed E-state index contributed by atoms with van der Waals surface area (Å²) in [6.07, 6.45) is 0. The van der Waals surface area contributed by atoms with Crippen LogP contribution in [0.2, 0.25) is 0 Å². The molecule has 1 aromatic heterocycles. The largest absolute Gasteiger partial charge is 0.494 e. The van der Waals surface area contributed by atoms with Gasteiger partial charge in [-0.2, -0.15) is 5.10 Å². The smallest absolute Gasteiger partial charge is 0.256 e. The van der Waals surface area contributed by atoms with Crippen LogP contribution in [0.15, 0.2) is 48.5 Å². The van der Waals surface area contributed by atoms with Crippen LogP contribution in [-0.4, -0.2) is 22.8 Å². The molecule has 146 valence electrons. The maximum atomic E-state index is 14.0. The van der Waals surface area contributed by atoms with E-state index in [2.05, 4.69) is 26.1 Å². The number of para-hydroxylation sites is 1. The van der Waals surface area contributed by atoms with Gasteiger partial charge in [0.25, 0.3) is 5.91 Å². The van der Waals surface area contributed by atoms with E-state index in [9.17, 15) is 9.18 Å². The van der Waals surface area contributed by atoms with Crippen LogP contribution >= 0.6 is 0 Å².